The van der Waals surface area contributed by atoms with Crippen LogP contribution in [0.15, 0.2) is 17.1 Å². The molecule has 6 atom stereocenters. The maximum atomic E-state index is 14.5. The topological polar surface area (TPSA) is 252 Å². The fourth-order valence-corrected chi connectivity index (χ4v) is 6.31. The summed E-state index contributed by atoms with van der Waals surface area (Å²) < 4.78 is 56.0. The summed E-state index contributed by atoms with van der Waals surface area (Å²) in [7, 11) is -16.2. The Bertz CT molecular complexity index is 959. The highest BCUT2D eigenvalue weighted by Gasteiger charge is 2.41. The molecule has 8 N–H and O–H groups in total. The minimum atomic E-state index is -5.65. The van der Waals surface area contributed by atoms with E-state index in [4.69, 9.17) is 32.0 Å². The van der Waals surface area contributed by atoms with Crippen LogP contribution in [0.5, 0.6) is 0 Å². The standard InChI is InChI=1S/C11H20ClFN3O12P3/c12-5-6(2-4-29(20,21)27-31(25,26)28-30(22,23)24)9(17)8(13)10(18)16-3-1-7(14)15-11(16)19/h1,3,6,8-10,17-18H,2,4-5H2,(H,20,21)(H,25,26)(H2,14,15,19)(H2,22,23,24)/t6-,8-,9-,10-/m1/s1. The van der Waals surface area contributed by atoms with Crippen LogP contribution < -0.4 is 11.4 Å². The average Bonchev–Trinajstić information content (AvgIpc) is 2.57. The van der Waals surface area contributed by atoms with Crippen LogP contribution in [-0.2, 0) is 22.3 Å². The van der Waals surface area contributed by atoms with Crippen LogP contribution in [-0.4, -0.2) is 63.7 Å². The summed E-state index contributed by atoms with van der Waals surface area (Å²) in [6, 6.07) is 1.08. The summed E-state index contributed by atoms with van der Waals surface area (Å²) in [6.07, 6.45) is -7.58. The molecule has 15 nitrogen and oxygen atoms in total. The van der Waals surface area contributed by atoms with Gasteiger partial charge in [-0.1, -0.05) is 0 Å². The minimum Gasteiger partial charge on any atom is -0.390 e. The van der Waals surface area contributed by atoms with Gasteiger partial charge in [-0.15, -0.1) is 11.6 Å². The van der Waals surface area contributed by atoms with Gasteiger partial charge in [0.15, 0.2) is 12.4 Å². The molecule has 180 valence electrons. The normalized spacial score (nSPS) is 20.3. The van der Waals surface area contributed by atoms with E-state index in [9.17, 15) is 38.0 Å². The van der Waals surface area contributed by atoms with Gasteiger partial charge in [-0.25, -0.2) is 22.6 Å². The fraction of sp³-hybridized carbons (Fsp3) is 0.636. The van der Waals surface area contributed by atoms with Gasteiger partial charge in [0.25, 0.3) is 0 Å². The molecule has 0 amide bonds. The number of alkyl halides is 2. The van der Waals surface area contributed by atoms with Crippen LogP contribution >= 0.6 is 34.8 Å². The Kier molecular flexibility index (Phi) is 9.98. The number of phosphoric acid groups is 2. The molecule has 31 heavy (non-hydrogen) atoms. The number of nitrogens with zero attached hydrogens (tertiary/aromatic N) is 2. The van der Waals surface area contributed by atoms with E-state index in [0.717, 1.165) is 12.3 Å². The third-order valence-corrected chi connectivity index (χ3v) is 8.39. The van der Waals surface area contributed by atoms with Gasteiger partial charge in [-0.05, 0) is 12.5 Å². The fourth-order valence-electron chi connectivity index (χ4n) is 2.24. The lowest BCUT2D eigenvalue weighted by atomic mass is 9.97. The molecule has 0 aliphatic carbocycles. The zero-order valence-corrected chi connectivity index (χ0v) is 18.7. The van der Waals surface area contributed by atoms with Gasteiger partial charge in [0.2, 0.25) is 0 Å². The van der Waals surface area contributed by atoms with Crippen molar-refractivity contribution in [3.05, 3.63) is 22.7 Å². The first kappa shape index (κ1) is 28.3. The number of halogens is 2. The Morgan fingerprint density at radius 3 is 2.26 bits per heavy atom. The lowest BCUT2D eigenvalue weighted by Crippen LogP contribution is -2.41. The van der Waals surface area contributed by atoms with Gasteiger partial charge in [0.05, 0.1) is 12.3 Å². The first-order valence-electron chi connectivity index (χ1n) is 8.01. The number of aliphatic hydroxyl groups is 2. The third-order valence-electron chi connectivity index (χ3n) is 3.65. The van der Waals surface area contributed by atoms with Gasteiger partial charge >= 0.3 is 28.9 Å². The van der Waals surface area contributed by atoms with Crippen LogP contribution in [0, 0.1) is 5.92 Å². The first-order chi connectivity index (χ1) is 14.0. The molecule has 1 aromatic rings. The predicted molar refractivity (Wildman–Crippen MR) is 103 cm³/mol. The summed E-state index contributed by atoms with van der Waals surface area (Å²) in [5.74, 6) is -2.07. The smallest absolute Gasteiger partial charge is 0.390 e. The quantitative estimate of drug-likeness (QED) is 0.134. The lowest BCUT2D eigenvalue weighted by Gasteiger charge is -2.28. The first-order valence-corrected chi connectivity index (χ1v) is 13.3. The Morgan fingerprint density at radius 2 is 1.77 bits per heavy atom. The second-order valence-corrected chi connectivity index (χ2v) is 11.3. The molecule has 20 heteroatoms. The van der Waals surface area contributed by atoms with Crippen LogP contribution in [0.4, 0.5) is 10.2 Å². The highest BCUT2D eigenvalue weighted by Crippen LogP contribution is 2.66. The van der Waals surface area contributed by atoms with Crippen molar-refractivity contribution in [1.82, 2.24) is 9.55 Å². The van der Waals surface area contributed by atoms with E-state index >= 15 is 0 Å². The number of anilines is 1. The number of hydrogen-bond donors (Lipinski definition) is 7. The van der Waals surface area contributed by atoms with Crippen LogP contribution in [0.2, 0.25) is 0 Å². The lowest BCUT2D eigenvalue weighted by molar-refractivity contribution is -0.0673. The Labute approximate surface area is 178 Å². The molecule has 0 aromatic carbocycles. The summed E-state index contributed by atoms with van der Waals surface area (Å²) in [5, 5.41) is 20.1. The number of aromatic nitrogens is 2. The van der Waals surface area contributed by atoms with E-state index in [1.165, 1.54) is 0 Å². The second kappa shape index (κ2) is 10.9. The van der Waals surface area contributed by atoms with E-state index in [0.29, 0.717) is 4.57 Å². The maximum absolute atomic E-state index is 14.5. The molecule has 0 fully saturated rings. The Morgan fingerprint density at radius 1 is 1.19 bits per heavy atom. The van der Waals surface area contributed by atoms with Gasteiger partial charge in [-0.2, -0.15) is 9.29 Å². The molecule has 0 bridgehead atoms. The van der Waals surface area contributed by atoms with E-state index in [1.54, 1.807) is 0 Å². The van der Waals surface area contributed by atoms with Crippen molar-refractivity contribution < 1.29 is 56.5 Å². The van der Waals surface area contributed by atoms with Crippen molar-refractivity contribution in [2.75, 3.05) is 17.8 Å². The van der Waals surface area contributed by atoms with Crippen molar-refractivity contribution in [2.45, 2.75) is 24.9 Å². The van der Waals surface area contributed by atoms with Crippen LogP contribution in [0.25, 0.3) is 0 Å². The third kappa shape index (κ3) is 9.34. The number of nitrogens with two attached hydrogens (primary N) is 1. The monoisotopic (exact) mass is 533 g/mol. The molecular formula is C11H20ClFN3O12P3. The second-order valence-electron chi connectivity index (χ2n) is 6.08. The maximum Gasteiger partial charge on any atom is 0.488 e. The molecular weight excluding hydrogens is 514 g/mol. The zero-order chi connectivity index (χ0) is 24.2. The molecule has 0 radical (unpaired) electrons. The SMILES string of the molecule is Nc1ccn([C@H](O)[C@H](F)[C@H](O)[C@@H](CCl)CCP(=O)(O)OP(=O)(O)OP(=O)(O)O)c(=O)n1. The van der Waals surface area contributed by atoms with Crippen molar-refractivity contribution in [3.8, 4) is 0 Å². The molecule has 0 aliphatic rings. The molecule has 1 aromatic heterocycles. The predicted octanol–water partition coefficient (Wildman–Crippen LogP) is -0.328. The summed E-state index contributed by atoms with van der Waals surface area (Å²) in [4.78, 5) is 50.6. The summed E-state index contributed by atoms with van der Waals surface area (Å²) in [5.41, 5.74) is 4.15. The minimum absolute atomic E-state index is 0.203. The van der Waals surface area contributed by atoms with Gasteiger partial charge in [0, 0.05) is 18.0 Å². The van der Waals surface area contributed by atoms with Gasteiger partial charge in [0.1, 0.15) is 5.82 Å². The van der Waals surface area contributed by atoms with E-state index < -0.39 is 71.8 Å². The zero-order valence-electron chi connectivity index (χ0n) is 15.3. The van der Waals surface area contributed by atoms with Crippen molar-refractivity contribution in [3.63, 3.8) is 0 Å². The molecule has 1 rings (SSSR count). The largest absolute Gasteiger partial charge is 0.488 e. The van der Waals surface area contributed by atoms with Crippen molar-refractivity contribution in [2.24, 2.45) is 5.92 Å². The number of aliphatic hydroxyl groups excluding tert-OH is 2. The summed E-state index contributed by atoms with van der Waals surface area (Å²) >= 11 is 5.61. The highest BCUT2D eigenvalue weighted by molar-refractivity contribution is 7.68. The average molecular weight is 534 g/mol. The van der Waals surface area contributed by atoms with E-state index in [1.807, 2.05) is 0 Å². The van der Waals surface area contributed by atoms with Gasteiger partial charge < -0.3 is 35.5 Å². The molecule has 2 unspecified atom stereocenters. The van der Waals surface area contributed by atoms with Crippen LogP contribution in [0.3, 0.4) is 0 Å². The van der Waals surface area contributed by atoms with Crippen molar-refractivity contribution in [1.29, 1.82) is 0 Å². The number of rotatable bonds is 12. The number of nitrogen functional groups attached to an aromatic ring is 1. The van der Waals surface area contributed by atoms with Gasteiger partial charge in [-0.3, -0.25) is 9.13 Å². The highest BCUT2D eigenvalue weighted by atomic mass is 35.5. The Balaban J connectivity index is 2.84. The molecule has 0 aliphatic heterocycles. The number of hydrogen-bond acceptors (Lipinski definition) is 10. The van der Waals surface area contributed by atoms with Crippen LogP contribution in [0.1, 0.15) is 12.6 Å². The van der Waals surface area contributed by atoms with E-state index in [2.05, 4.69) is 13.6 Å². The molecule has 0 saturated heterocycles. The summed E-state index contributed by atoms with van der Waals surface area (Å²) in [6.45, 7) is 0. The Hall–Kier alpha value is -0.730. The van der Waals surface area contributed by atoms with E-state index in [-0.39, 0.29) is 5.82 Å². The molecule has 0 spiro atoms. The molecule has 0 saturated carbocycles. The van der Waals surface area contributed by atoms with Crippen molar-refractivity contribution >= 4 is 40.7 Å². The molecule has 1 heterocycles.